The fourth-order valence-corrected chi connectivity index (χ4v) is 5.05. The molecule has 0 saturated heterocycles. The minimum Gasteiger partial charge on any atom is -0.423 e. The van der Waals surface area contributed by atoms with Crippen molar-refractivity contribution in [1.82, 2.24) is 24.7 Å². The lowest BCUT2D eigenvalue weighted by molar-refractivity contribution is 0.479. The molecule has 3 heterocycles. The first-order valence-electron chi connectivity index (χ1n) is 12.0. The number of nitrogens with two attached hydrogens (primary N) is 1. The summed E-state index contributed by atoms with van der Waals surface area (Å²) >= 11 is 0. The maximum Gasteiger partial charge on any atom is 0.300 e. The van der Waals surface area contributed by atoms with Crippen LogP contribution in [0.15, 0.2) is 59.8 Å². The van der Waals surface area contributed by atoms with E-state index in [1.54, 1.807) is 0 Å². The van der Waals surface area contributed by atoms with E-state index in [1.165, 1.54) is 19.2 Å². The van der Waals surface area contributed by atoms with Crippen molar-refractivity contribution < 1.29 is 4.42 Å². The molecule has 2 aromatic carbocycles. The first-order valence-corrected chi connectivity index (χ1v) is 12.0. The highest BCUT2D eigenvalue weighted by Gasteiger charge is 2.24. The fraction of sp³-hybridized carbons (Fsp3) is 0.259. The van der Waals surface area contributed by atoms with Crippen LogP contribution >= 0.6 is 0 Å². The molecule has 0 radical (unpaired) electrons. The molecule has 1 aliphatic carbocycles. The Morgan fingerprint density at radius 2 is 1.97 bits per heavy atom. The molecule has 0 unspecified atom stereocenters. The van der Waals surface area contributed by atoms with Crippen molar-refractivity contribution >= 4 is 39.7 Å². The normalized spacial score (nSPS) is 14.2. The quantitative estimate of drug-likeness (QED) is 0.291. The molecule has 0 bridgehead atoms. The average molecular weight is 466 g/mol. The van der Waals surface area contributed by atoms with Crippen LogP contribution in [0.4, 0.5) is 17.5 Å². The van der Waals surface area contributed by atoms with Crippen molar-refractivity contribution in [2.45, 2.75) is 45.1 Å². The van der Waals surface area contributed by atoms with Gasteiger partial charge in [-0.3, -0.25) is 0 Å². The van der Waals surface area contributed by atoms with Gasteiger partial charge in [0.1, 0.15) is 23.4 Å². The molecule has 0 atom stereocenters. The topological polar surface area (TPSA) is 108 Å². The van der Waals surface area contributed by atoms with Gasteiger partial charge in [-0.05, 0) is 49.9 Å². The van der Waals surface area contributed by atoms with E-state index >= 15 is 0 Å². The maximum absolute atomic E-state index is 6.28. The summed E-state index contributed by atoms with van der Waals surface area (Å²) in [6, 6.07) is 13.0. The van der Waals surface area contributed by atoms with Crippen LogP contribution in [0.25, 0.3) is 33.4 Å². The molecular weight excluding hydrogens is 438 g/mol. The van der Waals surface area contributed by atoms with Crippen molar-refractivity contribution in [3.63, 3.8) is 0 Å². The Bertz CT molecular complexity index is 1540. The molecular formula is C27H27N7O. The number of nitrogen functional groups attached to an aromatic ring is 1. The van der Waals surface area contributed by atoms with E-state index in [0.717, 1.165) is 69.5 Å². The predicted molar refractivity (Wildman–Crippen MR) is 139 cm³/mol. The number of allylic oxidation sites excluding steroid dienone is 1. The summed E-state index contributed by atoms with van der Waals surface area (Å²) in [6.45, 7) is 5.91. The number of rotatable bonds is 6. The van der Waals surface area contributed by atoms with Crippen LogP contribution in [0.3, 0.4) is 0 Å². The number of aryl methyl sites for hydroxylation is 1. The van der Waals surface area contributed by atoms with E-state index in [1.807, 2.05) is 41.1 Å². The molecule has 3 aromatic heterocycles. The van der Waals surface area contributed by atoms with Gasteiger partial charge in [0.05, 0.1) is 11.4 Å². The lowest BCUT2D eigenvalue weighted by Gasteiger charge is -2.10. The van der Waals surface area contributed by atoms with Gasteiger partial charge in [-0.15, -0.1) is 6.58 Å². The van der Waals surface area contributed by atoms with Crippen LogP contribution in [0.5, 0.6) is 0 Å². The molecule has 8 heteroatoms. The minimum absolute atomic E-state index is 0.357. The van der Waals surface area contributed by atoms with Crippen LogP contribution in [-0.2, 0) is 6.42 Å². The van der Waals surface area contributed by atoms with Gasteiger partial charge in [-0.25, -0.2) is 14.6 Å². The van der Waals surface area contributed by atoms with Gasteiger partial charge < -0.3 is 15.5 Å². The molecule has 5 aromatic rings. The minimum atomic E-state index is 0.357. The van der Waals surface area contributed by atoms with Gasteiger partial charge in [0.15, 0.2) is 11.2 Å². The number of nitrogens with zero attached hydrogens (tertiary/aromatic N) is 5. The zero-order chi connectivity index (χ0) is 23.9. The monoisotopic (exact) mass is 465 g/mol. The third kappa shape index (κ3) is 3.80. The Morgan fingerprint density at radius 3 is 2.74 bits per heavy atom. The van der Waals surface area contributed by atoms with Gasteiger partial charge in [0, 0.05) is 16.8 Å². The number of fused-ring (bicyclic) bond motifs is 2. The standard InChI is InChI=1S/C27H27N7O/c1-3-6-18-13-16(2)14-21-24(18)35-27(32-21)31-19-11-9-17(10-12-19)23-22-25(28)29-15-30-26(22)34(33-23)20-7-4-5-8-20/h3,9-15,20H,1,4-8H2,2H3,(H,31,32)(H2,28,29,30). The van der Waals surface area contributed by atoms with Crippen molar-refractivity contribution in [3.8, 4) is 11.3 Å². The molecule has 6 rings (SSSR count). The fourth-order valence-electron chi connectivity index (χ4n) is 5.05. The largest absolute Gasteiger partial charge is 0.423 e. The van der Waals surface area contributed by atoms with Crippen LogP contribution in [0.2, 0.25) is 0 Å². The number of hydrogen-bond donors (Lipinski definition) is 2. The van der Waals surface area contributed by atoms with Gasteiger partial charge >= 0.3 is 0 Å². The highest BCUT2D eigenvalue weighted by Crippen LogP contribution is 2.37. The predicted octanol–water partition coefficient (Wildman–Crippen LogP) is 6.11. The Morgan fingerprint density at radius 1 is 1.17 bits per heavy atom. The molecule has 3 N–H and O–H groups in total. The lowest BCUT2D eigenvalue weighted by Crippen LogP contribution is -2.07. The van der Waals surface area contributed by atoms with Crippen LogP contribution < -0.4 is 11.1 Å². The second-order valence-corrected chi connectivity index (χ2v) is 9.18. The summed E-state index contributed by atoms with van der Waals surface area (Å²) in [5.74, 6) is 0.452. The Balaban J connectivity index is 1.33. The second kappa shape index (κ2) is 8.54. The molecule has 0 aliphatic heterocycles. The van der Waals surface area contributed by atoms with Crippen LogP contribution in [-0.4, -0.2) is 24.7 Å². The SMILES string of the molecule is C=CCc1cc(C)cc2nc(Nc3ccc(-c4nn(C5CCCC5)c5ncnc(N)c45)cc3)oc12. The van der Waals surface area contributed by atoms with Gasteiger partial charge in [-0.1, -0.05) is 37.1 Å². The molecule has 0 spiro atoms. The smallest absolute Gasteiger partial charge is 0.300 e. The third-order valence-electron chi connectivity index (χ3n) is 6.67. The number of benzene rings is 2. The Labute approximate surface area is 202 Å². The van der Waals surface area contributed by atoms with Gasteiger partial charge in [0.25, 0.3) is 6.01 Å². The van der Waals surface area contributed by atoms with Crippen LogP contribution in [0, 0.1) is 6.92 Å². The van der Waals surface area contributed by atoms with E-state index in [9.17, 15) is 0 Å². The number of anilines is 3. The Kier molecular flexibility index (Phi) is 5.21. The maximum atomic E-state index is 6.28. The number of nitrogens with one attached hydrogen (secondary N) is 1. The molecule has 1 saturated carbocycles. The Hall–Kier alpha value is -4.20. The summed E-state index contributed by atoms with van der Waals surface area (Å²) < 4.78 is 8.09. The van der Waals surface area contributed by atoms with Gasteiger partial charge in [-0.2, -0.15) is 10.1 Å². The molecule has 35 heavy (non-hydrogen) atoms. The number of oxazole rings is 1. The van der Waals surface area contributed by atoms with Crippen molar-refractivity contribution in [1.29, 1.82) is 0 Å². The summed E-state index contributed by atoms with van der Waals surface area (Å²) in [4.78, 5) is 13.4. The molecule has 8 nitrogen and oxygen atoms in total. The van der Waals surface area contributed by atoms with Crippen molar-refractivity contribution in [3.05, 3.63) is 66.5 Å². The van der Waals surface area contributed by atoms with Gasteiger partial charge in [0.2, 0.25) is 0 Å². The van der Waals surface area contributed by atoms with E-state index in [0.29, 0.717) is 17.9 Å². The summed E-state index contributed by atoms with van der Waals surface area (Å²) in [5, 5.41) is 9.05. The first kappa shape index (κ1) is 21.3. The average Bonchev–Trinajstić information content (AvgIpc) is 3.58. The molecule has 1 fully saturated rings. The highest BCUT2D eigenvalue weighted by molar-refractivity contribution is 5.98. The van der Waals surface area contributed by atoms with E-state index in [-0.39, 0.29) is 0 Å². The van der Waals surface area contributed by atoms with Crippen molar-refractivity contribution in [2.24, 2.45) is 0 Å². The van der Waals surface area contributed by atoms with Crippen LogP contribution in [0.1, 0.15) is 42.9 Å². The summed E-state index contributed by atoms with van der Waals surface area (Å²) in [6.07, 6.45) is 8.78. The third-order valence-corrected chi connectivity index (χ3v) is 6.67. The highest BCUT2D eigenvalue weighted by atomic mass is 16.4. The summed E-state index contributed by atoms with van der Waals surface area (Å²) in [5.41, 5.74) is 13.6. The zero-order valence-electron chi connectivity index (χ0n) is 19.7. The number of hydrogen-bond acceptors (Lipinski definition) is 7. The lowest BCUT2D eigenvalue weighted by atomic mass is 10.1. The molecule has 176 valence electrons. The van der Waals surface area contributed by atoms with E-state index < -0.39 is 0 Å². The number of aromatic nitrogens is 5. The second-order valence-electron chi connectivity index (χ2n) is 9.18. The molecule has 0 amide bonds. The van der Waals surface area contributed by atoms with E-state index in [2.05, 4.69) is 39.8 Å². The zero-order valence-corrected chi connectivity index (χ0v) is 19.7. The first-order chi connectivity index (χ1) is 17.1. The molecule has 1 aliphatic rings. The van der Waals surface area contributed by atoms with E-state index in [4.69, 9.17) is 15.2 Å². The summed E-state index contributed by atoms with van der Waals surface area (Å²) in [7, 11) is 0. The van der Waals surface area contributed by atoms with Crippen molar-refractivity contribution in [2.75, 3.05) is 11.1 Å².